The van der Waals surface area contributed by atoms with Crippen molar-refractivity contribution in [1.82, 2.24) is 24.7 Å². The van der Waals surface area contributed by atoms with Gasteiger partial charge in [-0.15, -0.1) is 0 Å². The van der Waals surface area contributed by atoms with Crippen LogP contribution in [0.1, 0.15) is 42.9 Å². The molecule has 3 rings (SSSR count). The Hall–Kier alpha value is -2.55. The van der Waals surface area contributed by atoms with Crippen LogP contribution in [0.4, 0.5) is 8.78 Å². The van der Waals surface area contributed by atoms with Crippen molar-refractivity contribution in [2.24, 2.45) is 0 Å². The maximum Gasteiger partial charge on any atom is 0.295 e. The lowest BCUT2D eigenvalue weighted by atomic mass is 10.1. The van der Waals surface area contributed by atoms with Gasteiger partial charge in [-0.25, -0.2) is 13.8 Å². The second-order valence-electron chi connectivity index (χ2n) is 7.14. The molecule has 1 saturated heterocycles. The maximum absolute atomic E-state index is 12.9. The standard InChI is InChI=1S/C20H27F2N5O2/c1-3-26(4-2)17(28)13-25-8-5-9-27(11-10-25)20(29)14-6-7-15-16(12-14)24-19(23-15)18(21)22/h6-7,12,18H,3-5,8-11,13H2,1-2H3,(H,23,24). The monoisotopic (exact) mass is 407 g/mol. The lowest BCUT2D eigenvalue weighted by Crippen LogP contribution is -2.42. The van der Waals surface area contributed by atoms with E-state index in [1.54, 1.807) is 28.0 Å². The van der Waals surface area contributed by atoms with Crippen LogP contribution in [0, 0.1) is 0 Å². The molecule has 2 aromatic rings. The van der Waals surface area contributed by atoms with E-state index in [9.17, 15) is 18.4 Å². The number of hydrogen-bond donors (Lipinski definition) is 1. The van der Waals surface area contributed by atoms with E-state index in [2.05, 4.69) is 14.9 Å². The molecule has 0 atom stereocenters. The highest BCUT2D eigenvalue weighted by molar-refractivity contribution is 5.97. The van der Waals surface area contributed by atoms with Crippen molar-refractivity contribution in [1.29, 1.82) is 0 Å². The lowest BCUT2D eigenvalue weighted by molar-refractivity contribution is -0.132. The fourth-order valence-corrected chi connectivity index (χ4v) is 3.65. The van der Waals surface area contributed by atoms with Gasteiger partial charge in [-0.05, 0) is 38.5 Å². The molecule has 0 aliphatic carbocycles. The summed E-state index contributed by atoms with van der Waals surface area (Å²) in [5.74, 6) is -0.431. The van der Waals surface area contributed by atoms with Gasteiger partial charge in [0.25, 0.3) is 12.3 Å². The van der Waals surface area contributed by atoms with Gasteiger partial charge in [0, 0.05) is 44.8 Å². The number of amides is 2. The predicted octanol–water partition coefficient (Wildman–Crippen LogP) is 2.52. The van der Waals surface area contributed by atoms with Crippen LogP contribution in [0.2, 0.25) is 0 Å². The van der Waals surface area contributed by atoms with Crippen LogP contribution in [-0.2, 0) is 4.79 Å². The van der Waals surface area contributed by atoms with Gasteiger partial charge < -0.3 is 14.8 Å². The van der Waals surface area contributed by atoms with Crippen molar-refractivity contribution >= 4 is 22.8 Å². The van der Waals surface area contributed by atoms with E-state index in [1.807, 2.05) is 13.8 Å². The second-order valence-corrected chi connectivity index (χ2v) is 7.14. The molecule has 2 amide bonds. The molecule has 1 aromatic carbocycles. The van der Waals surface area contributed by atoms with E-state index in [4.69, 9.17) is 0 Å². The van der Waals surface area contributed by atoms with E-state index < -0.39 is 12.2 Å². The Balaban J connectivity index is 1.64. The predicted molar refractivity (Wildman–Crippen MR) is 106 cm³/mol. The van der Waals surface area contributed by atoms with Crippen LogP contribution in [0.15, 0.2) is 18.2 Å². The molecule has 0 spiro atoms. The summed E-state index contributed by atoms with van der Waals surface area (Å²) in [6.45, 7) is 8.17. The van der Waals surface area contributed by atoms with Gasteiger partial charge in [0.1, 0.15) is 0 Å². The van der Waals surface area contributed by atoms with Crippen LogP contribution in [-0.4, -0.2) is 82.3 Å². The van der Waals surface area contributed by atoms with Crippen LogP contribution in [0.25, 0.3) is 11.0 Å². The maximum atomic E-state index is 12.9. The molecule has 0 unspecified atom stereocenters. The summed E-state index contributed by atoms with van der Waals surface area (Å²) in [6.07, 6.45) is -1.91. The van der Waals surface area contributed by atoms with Gasteiger partial charge in [0.05, 0.1) is 17.6 Å². The second kappa shape index (κ2) is 9.30. The third-order valence-electron chi connectivity index (χ3n) is 5.30. The summed E-state index contributed by atoms with van der Waals surface area (Å²) in [5.41, 5.74) is 1.27. The third-order valence-corrected chi connectivity index (χ3v) is 5.30. The number of nitrogens with zero attached hydrogens (tertiary/aromatic N) is 4. The molecule has 0 saturated carbocycles. The zero-order chi connectivity index (χ0) is 21.0. The van der Waals surface area contributed by atoms with Gasteiger partial charge >= 0.3 is 0 Å². The molecular weight excluding hydrogens is 380 g/mol. The van der Waals surface area contributed by atoms with Crippen LogP contribution >= 0.6 is 0 Å². The first-order valence-electron chi connectivity index (χ1n) is 10.00. The number of rotatable bonds is 6. The molecule has 2 heterocycles. The molecule has 1 fully saturated rings. The van der Waals surface area contributed by atoms with Gasteiger partial charge in [0.15, 0.2) is 5.82 Å². The van der Waals surface area contributed by atoms with Gasteiger partial charge in [-0.3, -0.25) is 14.5 Å². The number of hydrogen-bond acceptors (Lipinski definition) is 4. The smallest absolute Gasteiger partial charge is 0.295 e. The highest BCUT2D eigenvalue weighted by Crippen LogP contribution is 2.21. The first-order valence-corrected chi connectivity index (χ1v) is 10.00. The topological polar surface area (TPSA) is 72.5 Å². The molecule has 158 valence electrons. The third kappa shape index (κ3) is 4.90. The number of aromatic nitrogens is 2. The van der Waals surface area contributed by atoms with Gasteiger partial charge in [0.2, 0.25) is 5.91 Å². The number of alkyl halides is 2. The summed E-state index contributed by atoms with van der Waals surface area (Å²) in [4.78, 5) is 37.3. The van der Waals surface area contributed by atoms with Crippen LogP contribution in [0.5, 0.6) is 0 Å². The molecule has 1 aliphatic rings. The Morgan fingerprint density at radius 3 is 2.62 bits per heavy atom. The Morgan fingerprint density at radius 2 is 1.93 bits per heavy atom. The van der Waals surface area contributed by atoms with E-state index >= 15 is 0 Å². The molecule has 7 nitrogen and oxygen atoms in total. The average Bonchev–Trinajstić information content (AvgIpc) is 3.01. The Kier molecular flexibility index (Phi) is 6.79. The van der Waals surface area contributed by atoms with Crippen molar-refractivity contribution in [3.63, 3.8) is 0 Å². The molecule has 1 aromatic heterocycles. The first-order chi connectivity index (χ1) is 13.9. The summed E-state index contributed by atoms with van der Waals surface area (Å²) in [6, 6.07) is 4.77. The number of carbonyl (C=O) groups excluding carboxylic acids is 2. The fraction of sp³-hybridized carbons (Fsp3) is 0.550. The quantitative estimate of drug-likeness (QED) is 0.799. The van der Waals surface area contributed by atoms with E-state index in [1.165, 1.54) is 0 Å². The first kappa shape index (κ1) is 21.2. The largest absolute Gasteiger partial charge is 0.342 e. The normalized spacial score (nSPS) is 15.7. The Morgan fingerprint density at radius 1 is 1.17 bits per heavy atom. The van der Waals surface area contributed by atoms with Crippen molar-refractivity contribution in [2.45, 2.75) is 26.7 Å². The van der Waals surface area contributed by atoms with Crippen molar-refractivity contribution < 1.29 is 18.4 Å². The summed E-state index contributed by atoms with van der Waals surface area (Å²) in [5, 5.41) is 0. The zero-order valence-electron chi connectivity index (χ0n) is 16.8. The minimum atomic E-state index is -2.68. The number of nitrogens with one attached hydrogen (secondary N) is 1. The summed E-state index contributed by atoms with van der Waals surface area (Å²) in [7, 11) is 0. The molecule has 1 N–H and O–H groups in total. The highest BCUT2D eigenvalue weighted by Gasteiger charge is 2.23. The molecule has 1 aliphatic heterocycles. The number of carbonyl (C=O) groups is 2. The Labute approximate surface area is 168 Å². The number of likely N-dealkylation sites (N-methyl/N-ethyl adjacent to an activating group) is 1. The summed E-state index contributed by atoms with van der Waals surface area (Å²) < 4.78 is 25.6. The highest BCUT2D eigenvalue weighted by atomic mass is 19.3. The minimum Gasteiger partial charge on any atom is -0.342 e. The number of imidazole rings is 1. The number of halogens is 2. The van der Waals surface area contributed by atoms with Crippen molar-refractivity contribution in [2.75, 3.05) is 45.8 Å². The molecule has 0 radical (unpaired) electrons. The molecule has 9 heteroatoms. The van der Waals surface area contributed by atoms with Gasteiger partial charge in [-0.1, -0.05) is 0 Å². The van der Waals surface area contributed by atoms with Crippen LogP contribution < -0.4 is 0 Å². The SMILES string of the molecule is CCN(CC)C(=O)CN1CCCN(C(=O)c2ccc3nc(C(F)F)[nH]c3c2)CC1. The lowest BCUT2D eigenvalue weighted by Gasteiger charge is -2.25. The van der Waals surface area contributed by atoms with Gasteiger partial charge in [-0.2, -0.15) is 0 Å². The summed E-state index contributed by atoms with van der Waals surface area (Å²) >= 11 is 0. The minimum absolute atomic E-state index is 0.106. The fourth-order valence-electron chi connectivity index (χ4n) is 3.65. The molecule has 29 heavy (non-hydrogen) atoms. The number of fused-ring (bicyclic) bond motifs is 1. The van der Waals surface area contributed by atoms with Crippen molar-refractivity contribution in [3.05, 3.63) is 29.6 Å². The van der Waals surface area contributed by atoms with Crippen LogP contribution in [0.3, 0.4) is 0 Å². The molecular formula is C20H27F2N5O2. The number of aromatic amines is 1. The zero-order valence-corrected chi connectivity index (χ0v) is 16.8. The number of H-pyrrole nitrogens is 1. The van der Waals surface area contributed by atoms with E-state index in [-0.39, 0.29) is 11.8 Å². The van der Waals surface area contributed by atoms with E-state index in [0.29, 0.717) is 55.9 Å². The Bertz CT molecular complexity index is 866. The number of benzene rings is 1. The van der Waals surface area contributed by atoms with Crippen molar-refractivity contribution in [3.8, 4) is 0 Å². The molecule has 0 bridgehead atoms. The average molecular weight is 407 g/mol. The van der Waals surface area contributed by atoms with E-state index in [0.717, 1.165) is 13.0 Å².